The zero-order valence-electron chi connectivity index (χ0n) is 13.7. The van der Waals surface area contributed by atoms with Gasteiger partial charge in [-0.15, -0.1) is 0 Å². The predicted octanol–water partition coefficient (Wildman–Crippen LogP) is 3.13. The van der Waals surface area contributed by atoms with E-state index in [1.807, 2.05) is 0 Å². The van der Waals surface area contributed by atoms with Gasteiger partial charge in [0.1, 0.15) is 6.54 Å². The second-order valence-corrected chi connectivity index (χ2v) is 7.50. The maximum Gasteiger partial charge on any atom is 0.262 e. The predicted molar refractivity (Wildman–Crippen MR) is 93.7 cm³/mol. The van der Waals surface area contributed by atoms with Crippen LogP contribution in [-0.4, -0.2) is 35.2 Å². The number of nitrogens with one attached hydrogen (secondary N) is 1. The van der Waals surface area contributed by atoms with Crippen LogP contribution in [0.25, 0.3) is 0 Å². The molecule has 1 aromatic carbocycles. The minimum atomic E-state index is -0.402. The minimum absolute atomic E-state index is 0.157. The van der Waals surface area contributed by atoms with E-state index in [1.165, 1.54) is 6.42 Å². The summed E-state index contributed by atoms with van der Waals surface area (Å²) in [6.45, 7) is 1.99. The summed E-state index contributed by atoms with van der Waals surface area (Å²) in [5.74, 6) is -0.301. The highest BCUT2D eigenvalue weighted by Crippen LogP contribution is 2.27. The van der Waals surface area contributed by atoms with Crippen LogP contribution in [0.5, 0.6) is 0 Å². The summed E-state index contributed by atoms with van der Waals surface area (Å²) in [4.78, 5) is 38.0. The average Bonchev–Trinajstić information content (AvgIpc) is 2.80. The van der Waals surface area contributed by atoms with Gasteiger partial charge in [0.05, 0.1) is 11.1 Å². The van der Waals surface area contributed by atoms with Crippen LogP contribution in [0, 0.1) is 5.92 Å². The number of imide groups is 1. The number of benzene rings is 1. The fourth-order valence-electron chi connectivity index (χ4n) is 3.54. The van der Waals surface area contributed by atoms with Crippen molar-refractivity contribution in [1.29, 1.82) is 0 Å². The molecule has 1 aliphatic carbocycles. The molecule has 1 saturated carbocycles. The summed E-state index contributed by atoms with van der Waals surface area (Å²) in [6, 6.07) is 5.12. The summed E-state index contributed by atoms with van der Waals surface area (Å²) in [7, 11) is 0. The van der Waals surface area contributed by atoms with Crippen LogP contribution < -0.4 is 5.32 Å². The summed E-state index contributed by atoms with van der Waals surface area (Å²) in [5.41, 5.74) is 0.713. The van der Waals surface area contributed by atoms with E-state index < -0.39 is 11.8 Å². The van der Waals surface area contributed by atoms with Crippen LogP contribution in [-0.2, 0) is 4.79 Å². The second kappa shape index (κ2) is 7.05. The lowest BCUT2D eigenvalue weighted by atomic mass is 9.84. The van der Waals surface area contributed by atoms with Gasteiger partial charge in [-0.05, 0) is 49.8 Å². The highest BCUT2D eigenvalue weighted by molar-refractivity contribution is 9.10. The van der Waals surface area contributed by atoms with Crippen molar-refractivity contribution < 1.29 is 14.4 Å². The first kappa shape index (κ1) is 17.1. The molecule has 3 rings (SSSR count). The van der Waals surface area contributed by atoms with Crippen molar-refractivity contribution in [2.75, 3.05) is 6.54 Å². The van der Waals surface area contributed by atoms with E-state index in [0.717, 1.165) is 41.0 Å². The maximum absolute atomic E-state index is 12.4. The zero-order chi connectivity index (χ0) is 17.3. The van der Waals surface area contributed by atoms with Crippen LogP contribution >= 0.6 is 15.9 Å². The van der Waals surface area contributed by atoms with E-state index in [0.29, 0.717) is 11.1 Å². The van der Waals surface area contributed by atoms with Gasteiger partial charge in [0.15, 0.2) is 0 Å². The highest BCUT2D eigenvalue weighted by Gasteiger charge is 2.37. The third-order valence-electron chi connectivity index (χ3n) is 5.02. The first-order valence-corrected chi connectivity index (χ1v) is 9.24. The molecule has 0 saturated heterocycles. The quantitative estimate of drug-likeness (QED) is 0.800. The molecule has 1 fully saturated rings. The monoisotopic (exact) mass is 392 g/mol. The number of carbonyl (C=O) groups is 3. The van der Waals surface area contributed by atoms with Crippen molar-refractivity contribution in [3.05, 3.63) is 33.8 Å². The number of rotatable bonds is 4. The molecule has 24 heavy (non-hydrogen) atoms. The molecule has 1 heterocycles. The molecule has 128 valence electrons. The molecule has 1 aliphatic heterocycles. The van der Waals surface area contributed by atoms with E-state index in [2.05, 4.69) is 28.2 Å². The molecule has 3 amide bonds. The van der Waals surface area contributed by atoms with Crippen molar-refractivity contribution in [3.63, 3.8) is 0 Å². The van der Waals surface area contributed by atoms with Crippen LogP contribution in [0.15, 0.2) is 22.7 Å². The van der Waals surface area contributed by atoms with Gasteiger partial charge >= 0.3 is 0 Å². The Balaban J connectivity index is 1.60. The van der Waals surface area contributed by atoms with Gasteiger partial charge in [-0.3, -0.25) is 19.3 Å². The maximum atomic E-state index is 12.4. The molecule has 0 aromatic heterocycles. The zero-order valence-corrected chi connectivity index (χ0v) is 15.3. The van der Waals surface area contributed by atoms with Gasteiger partial charge in [0, 0.05) is 10.5 Å². The molecule has 0 spiro atoms. The van der Waals surface area contributed by atoms with Crippen LogP contribution in [0.2, 0.25) is 0 Å². The van der Waals surface area contributed by atoms with Crippen molar-refractivity contribution in [1.82, 2.24) is 10.2 Å². The molecule has 0 unspecified atom stereocenters. The normalized spacial score (nSPS) is 23.3. The van der Waals surface area contributed by atoms with E-state index in [4.69, 9.17) is 0 Å². The molecule has 0 atom stereocenters. The lowest BCUT2D eigenvalue weighted by Gasteiger charge is -2.28. The summed E-state index contributed by atoms with van der Waals surface area (Å²) in [5, 5.41) is 2.98. The van der Waals surface area contributed by atoms with Crippen molar-refractivity contribution >= 4 is 33.7 Å². The fourth-order valence-corrected chi connectivity index (χ4v) is 3.90. The number of hydrogen-bond acceptors (Lipinski definition) is 3. The molecular weight excluding hydrogens is 372 g/mol. The summed E-state index contributed by atoms with van der Waals surface area (Å²) < 4.78 is 0.737. The molecule has 6 heteroatoms. The molecule has 1 N–H and O–H groups in total. The standard InChI is InChI=1S/C18H21BrN2O3/c1-2-11-3-6-13(7-4-11)20-16(22)10-21-17(23)14-8-5-12(19)9-15(14)18(21)24/h5,8-9,11,13H,2-4,6-7,10H2,1H3,(H,20,22). The van der Waals surface area contributed by atoms with E-state index in [9.17, 15) is 14.4 Å². The number of halogens is 1. The summed E-state index contributed by atoms with van der Waals surface area (Å²) >= 11 is 3.30. The third-order valence-corrected chi connectivity index (χ3v) is 5.52. The fraction of sp³-hybridized carbons (Fsp3) is 0.500. The van der Waals surface area contributed by atoms with Crippen molar-refractivity contribution in [2.24, 2.45) is 5.92 Å². The first-order chi connectivity index (χ1) is 11.5. The van der Waals surface area contributed by atoms with Crippen molar-refractivity contribution in [3.8, 4) is 0 Å². The minimum Gasteiger partial charge on any atom is -0.352 e. The van der Waals surface area contributed by atoms with Gasteiger partial charge in [0.25, 0.3) is 11.8 Å². The van der Waals surface area contributed by atoms with Crippen LogP contribution in [0.3, 0.4) is 0 Å². The Morgan fingerprint density at radius 1 is 1.17 bits per heavy atom. The van der Waals surface area contributed by atoms with Gasteiger partial charge < -0.3 is 5.32 Å². The Morgan fingerprint density at radius 3 is 2.50 bits per heavy atom. The summed E-state index contributed by atoms with van der Waals surface area (Å²) in [6.07, 6.45) is 5.38. The molecular formula is C18H21BrN2O3. The topological polar surface area (TPSA) is 66.5 Å². The average molecular weight is 393 g/mol. The Hall–Kier alpha value is -1.69. The van der Waals surface area contributed by atoms with Gasteiger partial charge in [-0.2, -0.15) is 0 Å². The van der Waals surface area contributed by atoms with E-state index in [-0.39, 0.29) is 18.5 Å². The number of fused-ring (bicyclic) bond motifs is 1. The molecule has 0 radical (unpaired) electrons. The molecule has 2 aliphatic rings. The molecule has 5 nitrogen and oxygen atoms in total. The van der Waals surface area contributed by atoms with Crippen molar-refractivity contribution in [2.45, 2.75) is 45.1 Å². The molecule has 1 aromatic rings. The number of nitrogens with zero attached hydrogens (tertiary/aromatic N) is 1. The van der Waals surface area contributed by atoms with Gasteiger partial charge in [0.2, 0.25) is 5.91 Å². The number of amides is 3. The van der Waals surface area contributed by atoms with Gasteiger partial charge in [-0.1, -0.05) is 29.3 Å². The SMILES string of the molecule is CCC1CCC(NC(=O)CN2C(=O)c3ccc(Br)cc3C2=O)CC1. The smallest absolute Gasteiger partial charge is 0.262 e. The Labute approximate surface area is 149 Å². The lowest BCUT2D eigenvalue weighted by Crippen LogP contribution is -2.45. The van der Waals surface area contributed by atoms with Crippen LogP contribution in [0.1, 0.15) is 59.7 Å². The third kappa shape index (κ3) is 3.38. The number of hydrogen-bond donors (Lipinski definition) is 1. The largest absolute Gasteiger partial charge is 0.352 e. The Bertz CT molecular complexity index is 681. The lowest BCUT2D eigenvalue weighted by molar-refractivity contribution is -0.122. The van der Waals surface area contributed by atoms with E-state index >= 15 is 0 Å². The van der Waals surface area contributed by atoms with E-state index in [1.54, 1.807) is 18.2 Å². The second-order valence-electron chi connectivity index (χ2n) is 6.58. The van der Waals surface area contributed by atoms with Gasteiger partial charge in [-0.25, -0.2) is 0 Å². The number of carbonyl (C=O) groups excluding carboxylic acids is 3. The molecule has 0 bridgehead atoms. The van der Waals surface area contributed by atoms with Crippen LogP contribution in [0.4, 0.5) is 0 Å². The Kier molecular flexibility index (Phi) is 5.04. The highest BCUT2D eigenvalue weighted by atomic mass is 79.9. The Morgan fingerprint density at radius 2 is 1.83 bits per heavy atom. The first-order valence-electron chi connectivity index (χ1n) is 8.44.